The van der Waals surface area contributed by atoms with Crippen molar-refractivity contribution in [2.45, 2.75) is 43.0 Å². The molecule has 0 spiro atoms. The van der Waals surface area contributed by atoms with Gasteiger partial charge in [0.1, 0.15) is 18.0 Å². The summed E-state index contributed by atoms with van der Waals surface area (Å²) in [6.07, 6.45) is -6.76. The van der Waals surface area contributed by atoms with Gasteiger partial charge in [0.2, 0.25) is 0 Å². The fraction of sp³-hybridized carbons (Fsp3) is 0.857. The first-order valence-corrected chi connectivity index (χ1v) is 7.50. The van der Waals surface area contributed by atoms with Gasteiger partial charge in [0, 0.05) is 25.9 Å². The van der Waals surface area contributed by atoms with Gasteiger partial charge in [-0.25, -0.2) is 4.79 Å². The Morgan fingerprint density at radius 3 is 2.50 bits per heavy atom. The molecule has 1 heterocycles. The summed E-state index contributed by atoms with van der Waals surface area (Å²) in [5, 5.41) is 51.1. The molecule has 24 heavy (non-hydrogen) atoms. The highest BCUT2D eigenvalue weighted by atomic mass is 16.7. The highest BCUT2D eigenvalue weighted by Gasteiger charge is 2.55. The number of nitrogens with one attached hydrogen (secondary N) is 1. The van der Waals surface area contributed by atoms with Gasteiger partial charge in [0.15, 0.2) is 0 Å². The molecule has 0 amide bonds. The van der Waals surface area contributed by atoms with Crippen molar-refractivity contribution in [2.75, 3.05) is 27.3 Å². The Kier molecular flexibility index (Phi) is 7.67. The summed E-state index contributed by atoms with van der Waals surface area (Å²) in [6.45, 7) is -0.787. The van der Waals surface area contributed by atoms with Crippen molar-refractivity contribution in [3.8, 4) is 0 Å². The molecule has 6 atom stereocenters. The van der Waals surface area contributed by atoms with Crippen LogP contribution in [0.2, 0.25) is 0 Å². The third-order valence-electron chi connectivity index (χ3n) is 4.13. The van der Waals surface area contributed by atoms with E-state index in [-0.39, 0.29) is 18.7 Å². The van der Waals surface area contributed by atoms with Crippen molar-refractivity contribution in [1.29, 1.82) is 0 Å². The number of Topliss-reactive ketones (excluding diaryl/α,β-unsaturated/α-hetero) is 1. The Labute approximate surface area is 139 Å². The Bertz CT molecular complexity index is 446. The number of carbonyl (C=O) groups excluding carboxylic acids is 1. The number of aliphatic carboxylic acids is 1. The summed E-state index contributed by atoms with van der Waals surface area (Å²) >= 11 is 0. The minimum atomic E-state index is -2.22. The smallest absolute Gasteiger partial charge is 0.364 e. The second kappa shape index (κ2) is 8.81. The number of hydrogen-bond acceptors (Lipinski definition) is 9. The van der Waals surface area contributed by atoms with Crippen molar-refractivity contribution in [1.82, 2.24) is 5.32 Å². The fourth-order valence-electron chi connectivity index (χ4n) is 2.79. The number of aliphatic hydroxyl groups is 4. The average molecular weight is 351 g/mol. The van der Waals surface area contributed by atoms with E-state index in [1.54, 1.807) is 7.05 Å². The number of likely N-dealkylation sites (N-methyl/N-ethyl adjacent to an activating group) is 1. The molecule has 6 N–H and O–H groups in total. The van der Waals surface area contributed by atoms with E-state index in [4.69, 9.17) is 14.6 Å². The van der Waals surface area contributed by atoms with Gasteiger partial charge >= 0.3 is 5.97 Å². The number of carboxylic acid groups (broad SMARTS) is 1. The first kappa shape index (κ1) is 20.9. The molecule has 10 nitrogen and oxygen atoms in total. The summed E-state index contributed by atoms with van der Waals surface area (Å²) in [4.78, 5) is 23.3. The largest absolute Gasteiger partial charge is 0.477 e. The monoisotopic (exact) mass is 351 g/mol. The predicted octanol–water partition coefficient (Wildman–Crippen LogP) is -2.93. The van der Waals surface area contributed by atoms with Crippen LogP contribution in [0, 0.1) is 5.92 Å². The summed E-state index contributed by atoms with van der Waals surface area (Å²) in [7, 11) is 2.63. The van der Waals surface area contributed by atoms with Crippen LogP contribution >= 0.6 is 0 Å². The highest BCUT2D eigenvalue weighted by molar-refractivity contribution is 5.81. The number of hydrogen-bond donors (Lipinski definition) is 6. The van der Waals surface area contributed by atoms with Crippen LogP contribution in [0.3, 0.4) is 0 Å². The van der Waals surface area contributed by atoms with Crippen molar-refractivity contribution >= 4 is 11.8 Å². The number of rotatable bonds is 9. The van der Waals surface area contributed by atoms with Gasteiger partial charge in [-0.15, -0.1) is 0 Å². The molecule has 1 aliphatic heterocycles. The Morgan fingerprint density at radius 1 is 1.42 bits per heavy atom. The molecule has 140 valence electrons. The van der Waals surface area contributed by atoms with Crippen molar-refractivity contribution in [3.05, 3.63) is 0 Å². The molecule has 1 saturated heterocycles. The molecular weight excluding hydrogens is 326 g/mol. The summed E-state index contributed by atoms with van der Waals surface area (Å²) in [5.74, 6) is -4.99. The second-order valence-electron chi connectivity index (χ2n) is 5.79. The molecule has 1 rings (SSSR count). The molecule has 1 unspecified atom stereocenters. The number of aliphatic hydroxyl groups excluding tert-OH is 4. The van der Waals surface area contributed by atoms with Crippen molar-refractivity contribution in [3.63, 3.8) is 0 Å². The molecule has 0 aromatic rings. The van der Waals surface area contributed by atoms with Crippen LogP contribution in [0.1, 0.15) is 12.8 Å². The Morgan fingerprint density at radius 2 is 2.04 bits per heavy atom. The first-order valence-electron chi connectivity index (χ1n) is 7.50. The third-order valence-corrected chi connectivity index (χ3v) is 4.13. The van der Waals surface area contributed by atoms with Gasteiger partial charge in [0.25, 0.3) is 5.79 Å². The van der Waals surface area contributed by atoms with Crippen LogP contribution in [0.5, 0.6) is 0 Å². The number of ether oxygens (including phenoxy) is 2. The van der Waals surface area contributed by atoms with E-state index in [2.05, 4.69) is 5.32 Å². The molecule has 1 fully saturated rings. The van der Waals surface area contributed by atoms with Gasteiger partial charge in [0.05, 0.1) is 25.4 Å². The molecule has 0 aromatic heterocycles. The molecular formula is C14H25NO9. The lowest BCUT2D eigenvalue weighted by atomic mass is 9.80. The number of ketones is 1. The normalized spacial score (nSPS) is 33.0. The quantitative estimate of drug-likeness (QED) is 0.253. The maximum Gasteiger partial charge on any atom is 0.364 e. The fourth-order valence-corrected chi connectivity index (χ4v) is 2.79. The lowest BCUT2D eigenvalue weighted by molar-refractivity contribution is -0.312. The first-order chi connectivity index (χ1) is 11.2. The molecule has 10 heteroatoms. The lowest BCUT2D eigenvalue weighted by Crippen LogP contribution is -2.61. The van der Waals surface area contributed by atoms with Gasteiger partial charge in [-0.3, -0.25) is 4.79 Å². The van der Waals surface area contributed by atoms with E-state index < -0.39 is 55.1 Å². The van der Waals surface area contributed by atoms with E-state index in [1.807, 2.05) is 0 Å². The number of carboxylic acids is 1. The average Bonchev–Trinajstić information content (AvgIpc) is 2.55. The Hall–Kier alpha value is -1.14. The van der Waals surface area contributed by atoms with Crippen molar-refractivity contribution < 1.29 is 44.6 Å². The molecule has 1 aliphatic rings. The van der Waals surface area contributed by atoms with Gasteiger partial charge < -0.3 is 40.3 Å². The maximum atomic E-state index is 11.9. The van der Waals surface area contributed by atoms with Crippen LogP contribution in [0.25, 0.3) is 0 Å². The van der Waals surface area contributed by atoms with Crippen LogP contribution in [0.15, 0.2) is 0 Å². The minimum Gasteiger partial charge on any atom is -0.477 e. The second-order valence-corrected chi connectivity index (χ2v) is 5.79. The van der Waals surface area contributed by atoms with Crippen LogP contribution < -0.4 is 5.32 Å². The van der Waals surface area contributed by atoms with Crippen molar-refractivity contribution in [2.24, 2.45) is 5.92 Å². The van der Waals surface area contributed by atoms with E-state index in [0.29, 0.717) is 0 Å². The lowest BCUT2D eigenvalue weighted by Gasteiger charge is -2.46. The zero-order valence-electron chi connectivity index (χ0n) is 13.6. The summed E-state index contributed by atoms with van der Waals surface area (Å²) in [6, 6.07) is 0. The van der Waals surface area contributed by atoms with E-state index in [0.717, 1.165) is 7.11 Å². The van der Waals surface area contributed by atoms with Gasteiger partial charge in [-0.1, -0.05) is 0 Å². The molecule has 0 saturated carbocycles. The molecule has 0 aliphatic carbocycles. The zero-order valence-corrected chi connectivity index (χ0v) is 13.6. The summed E-state index contributed by atoms with van der Waals surface area (Å²) in [5.41, 5.74) is 0. The van der Waals surface area contributed by atoms with Crippen LogP contribution in [-0.4, -0.2) is 94.8 Å². The van der Waals surface area contributed by atoms with Gasteiger partial charge in [-0.2, -0.15) is 0 Å². The standard InChI is InChI=1S/C14H25NO9/c1-15-5-7(17)3-8-9(18)4-14(23-2,13(21)22)24-12(8)11(20)10(19)6-16/h8-12,15-16,18-20H,3-6H2,1-2H3,(H,21,22)/t8-,9-,10-,11-,12?,14-/m1/s1. The topological polar surface area (TPSA) is 166 Å². The maximum absolute atomic E-state index is 11.9. The minimum absolute atomic E-state index is 0.0168. The van der Waals surface area contributed by atoms with E-state index in [9.17, 15) is 30.0 Å². The molecule has 0 bridgehead atoms. The molecule has 0 radical (unpaired) electrons. The SMILES string of the molecule is CNCC(=O)C[C@H]1C([C@H](O)[C@H](O)CO)O[C@@](OC)(C(=O)O)C[C@H]1O. The number of methoxy groups -OCH3 is 1. The number of carbonyl (C=O) groups is 2. The van der Waals surface area contributed by atoms with E-state index >= 15 is 0 Å². The summed E-state index contributed by atoms with van der Waals surface area (Å²) < 4.78 is 10.2. The van der Waals surface area contributed by atoms with E-state index in [1.165, 1.54) is 0 Å². The third kappa shape index (κ3) is 4.48. The highest BCUT2D eigenvalue weighted by Crippen LogP contribution is 2.37. The van der Waals surface area contributed by atoms with Crippen LogP contribution in [0.4, 0.5) is 0 Å². The molecule has 0 aromatic carbocycles. The van der Waals surface area contributed by atoms with Crippen LogP contribution in [-0.2, 0) is 19.1 Å². The zero-order chi connectivity index (χ0) is 18.5. The predicted molar refractivity (Wildman–Crippen MR) is 79.0 cm³/mol. The Balaban J connectivity index is 3.12. The van der Waals surface area contributed by atoms with Gasteiger partial charge in [-0.05, 0) is 7.05 Å².